The maximum absolute atomic E-state index is 12.1. The summed E-state index contributed by atoms with van der Waals surface area (Å²) < 4.78 is 10.2. The summed E-state index contributed by atoms with van der Waals surface area (Å²) in [6, 6.07) is 3.49. The van der Waals surface area contributed by atoms with Crippen molar-refractivity contribution >= 4 is 17.7 Å². The molecule has 0 radical (unpaired) electrons. The summed E-state index contributed by atoms with van der Waals surface area (Å²) in [5.74, 6) is 0.00527. The highest BCUT2D eigenvalue weighted by molar-refractivity contribution is 5.87. The quantitative estimate of drug-likeness (QED) is 0.837. The van der Waals surface area contributed by atoms with E-state index in [2.05, 4.69) is 5.32 Å². The molecule has 0 spiro atoms. The number of ketones is 1. The van der Waals surface area contributed by atoms with Crippen LogP contribution in [0.15, 0.2) is 22.8 Å². The summed E-state index contributed by atoms with van der Waals surface area (Å²) in [5, 5.41) is 2.63. The van der Waals surface area contributed by atoms with Gasteiger partial charge in [0.2, 0.25) is 0 Å². The summed E-state index contributed by atoms with van der Waals surface area (Å²) in [4.78, 5) is 35.8. The maximum Gasteiger partial charge on any atom is 0.309 e. The van der Waals surface area contributed by atoms with Crippen molar-refractivity contribution in [3.05, 3.63) is 24.2 Å². The summed E-state index contributed by atoms with van der Waals surface area (Å²) >= 11 is 0. The molecule has 124 valence electrons. The molecule has 1 N–H and O–H groups in total. The van der Waals surface area contributed by atoms with E-state index in [1.807, 2.05) is 0 Å². The van der Waals surface area contributed by atoms with Gasteiger partial charge < -0.3 is 14.5 Å². The van der Waals surface area contributed by atoms with E-state index >= 15 is 0 Å². The van der Waals surface area contributed by atoms with E-state index < -0.39 is 0 Å². The van der Waals surface area contributed by atoms with Gasteiger partial charge in [-0.05, 0) is 37.8 Å². The number of fused-ring (bicyclic) bond motifs is 2. The second kappa shape index (κ2) is 6.98. The number of hydrogen-bond acceptors (Lipinski definition) is 5. The smallest absolute Gasteiger partial charge is 0.309 e. The first-order valence-corrected chi connectivity index (χ1v) is 8.13. The number of nitrogens with one attached hydrogen (secondary N) is 1. The third-order valence-corrected chi connectivity index (χ3v) is 4.77. The molecule has 2 unspecified atom stereocenters. The molecule has 2 aliphatic carbocycles. The van der Waals surface area contributed by atoms with Gasteiger partial charge in [0.25, 0.3) is 5.91 Å². The van der Waals surface area contributed by atoms with Crippen molar-refractivity contribution in [1.82, 2.24) is 5.32 Å². The normalized spacial score (nSPS) is 26.6. The van der Waals surface area contributed by atoms with Crippen LogP contribution in [0.3, 0.4) is 0 Å². The van der Waals surface area contributed by atoms with Crippen LogP contribution in [0.4, 0.5) is 0 Å². The third-order valence-electron chi connectivity index (χ3n) is 4.77. The highest BCUT2D eigenvalue weighted by Gasteiger charge is 2.41. The van der Waals surface area contributed by atoms with Crippen molar-refractivity contribution in [2.75, 3.05) is 6.61 Å². The van der Waals surface area contributed by atoms with Gasteiger partial charge >= 0.3 is 5.97 Å². The fraction of sp³-hybridized carbons (Fsp3) is 0.588. The lowest BCUT2D eigenvalue weighted by atomic mass is 9.67. The molecule has 6 nitrogen and oxygen atoms in total. The summed E-state index contributed by atoms with van der Waals surface area (Å²) in [5.41, 5.74) is 0. The van der Waals surface area contributed by atoms with Crippen molar-refractivity contribution in [2.24, 2.45) is 17.8 Å². The standard InChI is InChI=1S/C17H21NO5/c19-15(18-9-14-5-2-6-22-14)10-23-17(21)13-7-11-3-1-4-12(8-13)16(11)20/h2,5-6,11-13H,1,3-4,7-10H2,(H,18,19). The summed E-state index contributed by atoms with van der Waals surface area (Å²) in [6.07, 6.45) is 5.50. The first-order valence-electron chi connectivity index (χ1n) is 8.13. The lowest BCUT2D eigenvalue weighted by Gasteiger charge is -2.36. The molecule has 1 heterocycles. The van der Waals surface area contributed by atoms with Gasteiger partial charge in [-0.3, -0.25) is 14.4 Å². The van der Waals surface area contributed by atoms with Gasteiger partial charge in [-0.2, -0.15) is 0 Å². The van der Waals surface area contributed by atoms with Crippen LogP contribution in [0.25, 0.3) is 0 Å². The van der Waals surface area contributed by atoms with Crippen molar-refractivity contribution < 1.29 is 23.5 Å². The van der Waals surface area contributed by atoms with Crippen LogP contribution in [0.2, 0.25) is 0 Å². The zero-order chi connectivity index (χ0) is 16.2. The van der Waals surface area contributed by atoms with Crippen molar-refractivity contribution in [3.8, 4) is 0 Å². The molecule has 0 aliphatic heterocycles. The molecule has 2 atom stereocenters. The second-order valence-corrected chi connectivity index (χ2v) is 6.36. The third kappa shape index (κ3) is 3.81. The molecule has 2 fully saturated rings. The van der Waals surface area contributed by atoms with Gasteiger partial charge in [0, 0.05) is 11.8 Å². The first kappa shape index (κ1) is 15.8. The molecule has 2 saturated carbocycles. The number of Topliss-reactive ketones (excluding diaryl/α,β-unsaturated/α-hetero) is 1. The van der Waals surface area contributed by atoms with Crippen LogP contribution < -0.4 is 5.32 Å². The van der Waals surface area contributed by atoms with Crippen molar-refractivity contribution in [1.29, 1.82) is 0 Å². The fourth-order valence-electron chi connectivity index (χ4n) is 3.58. The van der Waals surface area contributed by atoms with E-state index in [0.717, 1.165) is 19.3 Å². The molecule has 0 saturated heterocycles. The fourth-order valence-corrected chi connectivity index (χ4v) is 3.58. The predicted molar refractivity (Wildman–Crippen MR) is 80.1 cm³/mol. The maximum atomic E-state index is 12.1. The molecule has 3 rings (SSSR count). The number of esters is 1. The number of amides is 1. The molecule has 2 bridgehead atoms. The lowest BCUT2D eigenvalue weighted by molar-refractivity contribution is -0.156. The Kier molecular flexibility index (Phi) is 4.79. The minimum atomic E-state index is -0.359. The molecule has 1 aromatic rings. The Balaban J connectivity index is 1.42. The van der Waals surface area contributed by atoms with Crippen LogP contribution in [-0.4, -0.2) is 24.3 Å². The summed E-state index contributed by atoms with van der Waals surface area (Å²) in [6.45, 7) is -0.0230. The second-order valence-electron chi connectivity index (χ2n) is 6.36. The molecular formula is C17H21NO5. The van der Waals surface area contributed by atoms with Gasteiger partial charge in [0.15, 0.2) is 6.61 Å². The Labute approximate surface area is 134 Å². The zero-order valence-corrected chi connectivity index (χ0v) is 13.0. The van der Waals surface area contributed by atoms with Gasteiger partial charge in [-0.1, -0.05) is 6.42 Å². The van der Waals surface area contributed by atoms with E-state index in [-0.39, 0.29) is 42.8 Å². The average Bonchev–Trinajstić information content (AvgIpc) is 3.03. The van der Waals surface area contributed by atoms with Crippen LogP contribution >= 0.6 is 0 Å². The van der Waals surface area contributed by atoms with Crippen molar-refractivity contribution in [2.45, 2.75) is 38.6 Å². The van der Waals surface area contributed by atoms with E-state index in [4.69, 9.17) is 9.15 Å². The number of rotatable bonds is 5. The molecule has 1 aromatic heterocycles. The molecule has 0 aromatic carbocycles. The number of carbonyl (C=O) groups excluding carboxylic acids is 3. The molecular weight excluding hydrogens is 298 g/mol. The Morgan fingerprint density at radius 3 is 2.65 bits per heavy atom. The van der Waals surface area contributed by atoms with Gasteiger partial charge in [-0.15, -0.1) is 0 Å². The summed E-state index contributed by atoms with van der Waals surface area (Å²) in [7, 11) is 0. The SMILES string of the molecule is O=C(COC(=O)C1CC2CCCC(C1)C2=O)NCc1ccco1. The first-order chi connectivity index (χ1) is 11.1. The molecule has 2 aliphatic rings. The number of hydrogen-bond donors (Lipinski definition) is 1. The van der Waals surface area contributed by atoms with E-state index in [1.54, 1.807) is 12.1 Å². The largest absolute Gasteiger partial charge is 0.467 e. The van der Waals surface area contributed by atoms with E-state index in [0.29, 0.717) is 24.4 Å². The van der Waals surface area contributed by atoms with Gasteiger partial charge in [-0.25, -0.2) is 0 Å². The predicted octanol–water partition coefficient (Wildman–Crippen LogP) is 1.83. The Morgan fingerprint density at radius 2 is 2.00 bits per heavy atom. The monoisotopic (exact) mass is 319 g/mol. The lowest BCUT2D eigenvalue weighted by Crippen LogP contribution is -2.40. The van der Waals surface area contributed by atoms with Gasteiger partial charge in [0.05, 0.1) is 18.7 Å². The Morgan fingerprint density at radius 1 is 1.26 bits per heavy atom. The number of furan rings is 1. The molecule has 6 heteroatoms. The average molecular weight is 319 g/mol. The number of ether oxygens (including phenoxy) is 1. The Hall–Kier alpha value is -2.11. The van der Waals surface area contributed by atoms with Crippen LogP contribution in [-0.2, 0) is 25.7 Å². The van der Waals surface area contributed by atoms with Gasteiger partial charge in [0.1, 0.15) is 11.5 Å². The van der Waals surface area contributed by atoms with Crippen LogP contribution in [0, 0.1) is 17.8 Å². The zero-order valence-electron chi connectivity index (χ0n) is 13.0. The minimum absolute atomic E-state index is 0.00725. The van der Waals surface area contributed by atoms with Crippen LogP contribution in [0.5, 0.6) is 0 Å². The van der Waals surface area contributed by atoms with E-state index in [1.165, 1.54) is 6.26 Å². The van der Waals surface area contributed by atoms with Crippen molar-refractivity contribution in [3.63, 3.8) is 0 Å². The van der Waals surface area contributed by atoms with E-state index in [9.17, 15) is 14.4 Å². The number of carbonyl (C=O) groups is 3. The highest BCUT2D eigenvalue weighted by Crippen LogP contribution is 2.40. The minimum Gasteiger partial charge on any atom is -0.467 e. The Bertz CT molecular complexity index is 564. The topological polar surface area (TPSA) is 85.6 Å². The molecule has 1 amide bonds. The highest BCUT2D eigenvalue weighted by atomic mass is 16.5. The van der Waals surface area contributed by atoms with Crippen LogP contribution in [0.1, 0.15) is 37.9 Å². The molecule has 23 heavy (non-hydrogen) atoms.